The van der Waals surface area contributed by atoms with Crippen LogP contribution in [0.4, 0.5) is 0 Å². The Labute approximate surface area is 132 Å². The van der Waals surface area contributed by atoms with Crippen LogP contribution < -0.4 is 5.32 Å². The van der Waals surface area contributed by atoms with E-state index in [1.807, 2.05) is 24.1 Å². The molecule has 3 rings (SSSR count). The number of nitrogens with one attached hydrogen (secondary N) is 1. The first-order valence-electron chi connectivity index (χ1n) is 8.23. The fraction of sp³-hybridized carbons (Fsp3) is 0.750. The summed E-state index contributed by atoms with van der Waals surface area (Å²) in [5.74, 6) is 1.02. The Morgan fingerprint density at radius 1 is 1.55 bits per heavy atom. The summed E-state index contributed by atoms with van der Waals surface area (Å²) in [7, 11) is 1.94. The molecule has 0 aromatic carbocycles. The van der Waals surface area contributed by atoms with Crippen LogP contribution >= 0.6 is 0 Å². The van der Waals surface area contributed by atoms with Gasteiger partial charge in [0.25, 0.3) is 0 Å². The van der Waals surface area contributed by atoms with Crippen molar-refractivity contribution in [3.8, 4) is 0 Å². The van der Waals surface area contributed by atoms with Crippen LogP contribution in [0.1, 0.15) is 38.4 Å². The molecule has 2 heterocycles. The monoisotopic (exact) mass is 305 g/mol. The average Bonchev–Trinajstić information content (AvgIpc) is 3.09. The molecule has 2 aliphatic rings. The Bertz CT molecular complexity index is 534. The molecule has 0 spiro atoms. The molecule has 1 aliphatic heterocycles. The molecule has 0 amide bonds. The van der Waals surface area contributed by atoms with Gasteiger partial charge in [0.15, 0.2) is 5.96 Å². The molecule has 1 N–H and O–H groups in total. The lowest BCUT2D eigenvalue weighted by molar-refractivity contribution is -0.00806. The molecule has 1 aromatic heterocycles. The quantitative estimate of drug-likeness (QED) is 0.677. The van der Waals surface area contributed by atoms with Crippen LogP contribution in [-0.2, 0) is 11.8 Å². The van der Waals surface area contributed by atoms with Gasteiger partial charge in [-0.15, -0.1) is 0 Å². The maximum atomic E-state index is 5.92. The van der Waals surface area contributed by atoms with Gasteiger partial charge >= 0.3 is 0 Å². The zero-order valence-electron chi connectivity index (χ0n) is 13.9. The van der Waals surface area contributed by atoms with Crippen LogP contribution in [0.3, 0.4) is 0 Å². The van der Waals surface area contributed by atoms with Gasteiger partial charge in [0, 0.05) is 38.4 Å². The first-order chi connectivity index (χ1) is 10.6. The summed E-state index contributed by atoms with van der Waals surface area (Å²) in [6, 6.07) is 0. The highest BCUT2D eigenvalue weighted by Gasteiger charge is 2.37. The van der Waals surface area contributed by atoms with Gasteiger partial charge in [0.1, 0.15) is 6.10 Å². The van der Waals surface area contributed by atoms with Crippen LogP contribution in [0.25, 0.3) is 0 Å². The van der Waals surface area contributed by atoms with Crippen molar-refractivity contribution in [3.63, 3.8) is 0 Å². The molecule has 6 heteroatoms. The van der Waals surface area contributed by atoms with E-state index in [9.17, 15) is 0 Å². The van der Waals surface area contributed by atoms with Crippen LogP contribution in [0, 0.1) is 5.41 Å². The van der Waals surface area contributed by atoms with E-state index in [1.165, 1.54) is 12.8 Å². The minimum Gasteiger partial charge on any atom is -0.370 e. The summed E-state index contributed by atoms with van der Waals surface area (Å²) in [6.45, 7) is 8.69. The molecule has 1 saturated carbocycles. The Hall–Kier alpha value is -1.56. The van der Waals surface area contributed by atoms with Crippen LogP contribution in [0.2, 0.25) is 0 Å². The van der Waals surface area contributed by atoms with E-state index in [0.29, 0.717) is 5.41 Å². The third-order valence-electron chi connectivity index (χ3n) is 4.51. The van der Waals surface area contributed by atoms with Crippen molar-refractivity contribution in [2.24, 2.45) is 17.5 Å². The van der Waals surface area contributed by atoms with Gasteiger partial charge in [-0.3, -0.25) is 9.67 Å². The SMILES string of the molecule is CCNC(=NCC1(C)CC1)N1CCOC(c2cnn(C)c2)C1. The predicted octanol–water partition coefficient (Wildman–Crippen LogP) is 1.56. The minimum atomic E-state index is 0.0721. The van der Waals surface area contributed by atoms with Crippen LogP contribution in [0.15, 0.2) is 17.4 Å². The molecule has 1 unspecified atom stereocenters. The highest BCUT2D eigenvalue weighted by molar-refractivity contribution is 5.80. The molecule has 1 atom stereocenters. The highest BCUT2D eigenvalue weighted by Crippen LogP contribution is 2.45. The summed E-state index contributed by atoms with van der Waals surface area (Å²) in [5.41, 5.74) is 1.58. The highest BCUT2D eigenvalue weighted by atomic mass is 16.5. The van der Waals surface area contributed by atoms with Crippen molar-refractivity contribution in [3.05, 3.63) is 18.0 Å². The van der Waals surface area contributed by atoms with Gasteiger partial charge < -0.3 is 15.0 Å². The number of aromatic nitrogens is 2. The molecule has 0 bridgehead atoms. The Morgan fingerprint density at radius 2 is 2.36 bits per heavy atom. The zero-order valence-corrected chi connectivity index (χ0v) is 13.9. The van der Waals surface area contributed by atoms with E-state index in [-0.39, 0.29) is 6.10 Å². The lowest BCUT2D eigenvalue weighted by atomic mass is 10.1. The number of hydrogen-bond donors (Lipinski definition) is 1. The first-order valence-corrected chi connectivity index (χ1v) is 8.23. The number of guanidine groups is 1. The number of aryl methyl sites for hydroxylation is 1. The number of ether oxygens (including phenoxy) is 1. The maximum Gasteiger partial charge on any atom is 0.194 e. The molecule has 6 nitrogen and oxygen atoms in total. The third kappa shape index (κ3) is 3.61. The maximum absolute atomic E-state index is 5.92. The van der Waals surface area contributed by atoms with Gasteiger partial charge in [0.05, 0.1) is 19.3 Å². The fourth-order valence-electron chi connectivity index (χ4n) is 2.71. The minimum absolute atomic E-state index is 0.0721. The van der Waals surface area contributed by atoms with Crippen molar-refractivity contribution < 1.29 is 4.74 Å². The van der Waals surface area contributed by atoms with Crippen molar-refractivity contribution in [1.29, 1.82) is 0 Å². The van der Waals surface area contributed by atoms with E-state index < -0.39 is 0 Å². The first kappa shape index (κ1) is 15.3. The largest absolute Gasteiger partial charge is 0.370 e. The zero-order chi connectivity index (χ0) is 15.6. The average molecular weight is 305 g/mol. The van der Waals surface area contributed by atoms with Gasteiger partial charge in [-0.2, -0.15) is 5.10 Å². The predicted molar refractivity (Wildman–Crippen MR) is 86.8 cm³/mol. The summed E-state index contributed by atoms with van der Waals surface area (Å²) >= 11 is 0. The summed E-state index contributed by atoms with van der Waals surface area (Å²) in [4.78, 5) is 7.18. The third-order valence-corrected chi connectivity index (χ3v) is 4.51. The van der Waals surface area contributed by atoms with E-state index in [1.54, 1.807) is 0 Å². The number of hydrogen-bond acceptors (Lipinski definition) is 3. The summed E-state index contributed by atoms with van der Waals surface area (Å²) in [5, 5.41) is 7.68. The Balaban J connectivity index is 1.67. The lowest BCUT2D eigenvalue weighted by Gasteiger charge is -2.35. The number of aliphatic imine (C=N–C) groups is 1. The van der Waals surface area contributed by atoms with E-state index in [2.05, 4.69) is 29.2 Å². The summed E-state index contributed by atoms with van der Waals surface area (Å²) < 4.78 is 7.74. The Morgan fingerprint density at radius 3 is 3.00 bits per heavy atom. The normalized spacial score (nSPS) is 24.4. The number of morpholine rings is 1. The van der Waals surface area contributed by atoms with E-state index in [0.717, 1.165) is 44.3 Å². The topological polar surface area (TPSA) is 54.7 Å². The van der Waals surface area contributed by atoms with Crippen LogP contribution in [0.5, 0.6) is 0 Å². The molecular formula is C16H27N5O. The van der Waals surface area contributed by atoms with Gasteiger partial charge in [0.2, 0.25) is 0 Å². The molecular weight excluding hydrogens is 278 g/mol. The number of rotatable bonds is 4. The van der Waals surface area contributed by atoms with Gasteiger partial charge in [-0.25, -0.2) is 0 Å². The molecule has 2 fully saturated rings. The van der Waals surface area contributed by atoms with E-state index >= 15 is 0 Å². The van der Waals surface area contributed by atoms with E-state index in [4.69, 9.17) is 9.73 Å². The van der Waals surface area contributed by atoms with Crippen molar-refractivity contribution in [1.82, 2.24) is 20.0 Å². The molecule has 1 saturated heterocycles. The van der Waals surface area contributed by atoms with Crippen LogP contribution in [-0.4, -0.2) is 53.4 Å². The smallest absolute Gasteiger partial charge is 0.194 e. The lowest BCUT2D eigenvalue weighted by Crippen LogP contribution is -2.48. The molecule has 0 radical (unpaired) electrons. The molecule has 1 aliphatic carbocycles. The standard InChI is InChI=1S/C16H27N5O/c1-4-17-15(18-12-16(2)5-6-16)21-7-8-22-14(11-21)13-9-19-20(3)10-13/h9-10,14H,4-8,11-12H2,1-3H3,(H,17,18). The van der Waals surface area contributed by atoms with Crippen molar-refractivity contribution >= 4 is 5.96 Å². The number of nitrogens with zero attached hydrogens (tertiary/aromatic N) is 4. The second-order valence-corrected chi connectivity index (χ2v) is 6.73. The van der Waals surface area contributed by atoms with Gasteiger partial charge in [-0.05, 0) is 25.2 Å². The molecule has 1 aromatic rings. The fourth-order valence-corrected chi connectivity index (χ4v) is 2.71. The van der Waals surface area contributed by atoms with Gasteiger partial charge in [-0.1, -0.05) is 6.92 Å². The molecule has 22 heavy (non-hydrogen) atoms. The second kappa shape index (κ2) is 6.28. The van der Waals surface area contributed by atoms with Crippen molar-refractivity contribution in [2.45, 2.75) is 32.8 Å². The Kier molecular flexibility index (Phi) is 4.38. The second-order valence-electron chi connectivity index (χ2n) is 6.73. The molecule has 122 valence electrons. The van der Waals surface area contributed by atoms with Crippen molar-refractivity contribution in [2.75, 3.05) is 32.8 Å². The summed E-state index contributed by atoms with van der Waals surface area (Å²) in [6.07, 6.45) is 6.60.